The number of hydrogen-bond acceptors (Lipinski definition) is 3. The fourth-order valence-corrected chi connectivity index (χ4v) is 2.02. The number of nitrogens with zero attached hydrogens (tertiary/aromatic N) is 1. The fourth-order valence-electron chi connectivity index (χ4n) is 2.02. The summed E-state index contributed by atoms with van der Waals surface area (Å²) in [4.78, 5) is 24.8. The lowest BCUT2D eigenvalue weighted by Crippen LogP contribution is -2.22. The van der Waals surface area contributed by atoms with E-state index in [4.69, 9.17) is 4.74 Å². The zero-order valence-electron chi connectivity index (χ0n) is 13.9. The molecule has 2 aromatic rings. The Balaban J connectivity index is 1.96. The molecule has 2 amide bonds. The van der Waals surface area contributed by atoms with E-state index >= 15 is 0 Å². The molecule has 0 radical (unpaired) electrons. The molecule has 0 atom stereocenters. The standard InChI is InChI=1S/C19H20N2O3/c1-14(22)21(2)17-9-7-16(8-10-17)20-19(23)13-6-15-4-11-18(24-3)12-5-15/h4-13H,1-3H3,(H,20,23). The number of benzene rings is 2. The van der Waals surface area contributed by atoms with Gasteiger partial charge in [-0.05, 0) is 48.0 Å². The van der Waals surface area contributed by atoms with E-state index in [1.807, 2.05) is 24.3 Å². The van der Waals surface area contributed by atoms with Crippen molar-refractivity contribution in [3.63, 3.8) is 0 Å². The van der Waals surface area contributed by atoms with E-state index in [0.717, 1.165) is 17.0 Å². The van der Waals surface area contributed by atoms with Crippen LogP contribution in [0, 0.1) is 0 Å². The summed E-state index contributed by atoms with van der Waals surface area (Å²) in [6, 6.07) is 14.5. The normalized spacial score (nSPS) is 10.5. The monoisotopic (exact) mass is 324 g/mol. The van der Waals surface area contributed by atoms with Gasteiger partial charge in [0.15, 0.2) is 0 Å². The van der Waals surface area contributed by atoms with Crippen molar-refractivity contribution in [2.45, 2.75) is 6.92 Å². The molecule has 124 valence electrons. The molecule has 0 aromatic heterocycles. The quantitative estimate of drug-likeness (QED) is 0.858. The molecular weight excluding hydrogens is 304 g/mol. The van der Waals surface area contributed by atoms with E-state index in [-0.39, 0.29) is 11.8 Å². The number of amides is 2. The van der Waals surface area contributed by atoms with Crippen LogP contribution in [-0.4, -0.2) is 26.0 Å². The Morgan fingerprint density at radius 2 is 1.67 bits per heavy atom. The second-order valence-corrected chi connectivity index (χ2v) is 5.22. The summed E-state index contributed by atoms with van der Waals surface area (Å²) in [5.74, 6) is 0.500. The molecule has 1 N–H and O–H groups in total. The largest absolute Gasteiger partial charge is 0.497 e. The van der Waals surface area contributed by atoms with E-state index < -0.39 is 0 Å². The smallest absolute Gasteiger partial charge is 0.248 e. The Morgan fingerprint density at radius 1 is 1.04 bits per heavy atom. The van der Waals surface area contributed by atoms with E-state index in [0.29, 0.717) is 5.69 Å². The van der Waals surface area contributed by atoms with E-state index in [1.165, 1.54) is 17.9 Å². The van der Waals surface area contributed by atoms with Crippen LogP contribution in [0.3, 0.4) is 0 Å². The van der Waals surface area contributed by atoms with Gasteiger partial charge in [0.1, 0.15) is 5.75 Å². The number of nitrogens with one attached hydrogen (secondary N) is 1. The lowest BCUT2D eigenvalue weighted by atomic mass is 10.2. The minimum Gasteiger partial charge on any atom is -0.497 e. The van der Waals surface area contributed by atoms with Crippen molar-refractivity contribution in [3.05, 3.63) is 60.2 Å². The number of methoxy groups -OCH3 is 1. The van der Waals surface area contributed by atoms with Crippen LogP contribution in [0.5, 0.6) is 5.75 Å². The number of rotatable bonds is 5. The van der Waals surface area contributed by atoms with E-state index in [1.54, 1.807) is 44.5 Å². The first-order valence-corrected chi connectivity index (χ1v) is 7.47. The first-order chi connectivity index (χ1) is 11.5. The van der Waals surface area contributed by atoms with Gasteiger partial charge >= 0.3 is 0 Å². The number of hydrogen-bond donors (Lipinski definition) is 1. The molecule has 0 spiro atoms. The molecular formula is C19H20N2O3. The zero-order chi connectivity index (χ0) is 17.5. The third-order valence-corrected chi connectivity index (χ3v) is 3.54. The molecule has 2 rings (SSSR count). The van der Waals surface area contributed by atoms with Gasteiger partial charge in [-0.2, -0.15) is 0 Å². The van der Waals surface area contributed by atoms with Gasteiger partial charge in [0.05, 0.1) is 7.11 Å². The number of ether oxygens (including phenoxy) is 1. The number of carbonyl (C=O) groups excluding carboxylic acids is 2. The van der Waals surface area contributed by atoms with Crippen LogP contribution in [0.1, 0.15) is 12.5 Å². The maximum atomic E-state index is 11.9. The van der Waals surface area contributed by atoms with Gasteiger partial charge in [-0.15, -0.1) is 0 Å². The molecule has 5 heteroatoms. The highest BCUT2D eigenvalue weighted by Crippen LogP contribution is 2.17. The second kappa shape index (κ2) is 7.97. The van der Waals surface area contributed by atoms with Crippen molar-refractivity contribution in [2.24, 2.45) is 0 Å². The number of carbonyl (C=O) groups is 2. The molecule has 0 saturated carbocycles. The van der Waals surface area contributed by atoms with Crippen LogP contribution in [0.15, 0.2) is 54.6 Å². The van der Waals surface area contributed by atoms with Crippen LogP contribution in [0.4, 0.5) is 11.4 Å². The van der Waals surface area contributed by atoms with Gasteiger partial charge in [0.25, 0.3) is 0 Å². The highest BCUT2D eigenvalue weighted by atomic mass is 16.5. The van der Waals surface area contributed by atoms with Crippen LogP contribution < -0.4 is 15.0 Å². The molecule has 0 aliphatic carbocycles. The molecule has 0 saturated heterocycles. The summed E-state index contributed by atoms with van der Waals surface area (Å²) in [5, 5.41) is 2.78. The van der Waals surface area contributed by atoms with Crippen LogP contribution in [0.25, 0.3) is 6.08 Å². The van der Waals surface area contributed by atoms with Crippen molar-refractivity contribution < 1.29 is 14.3 Å². The lowest BCUT2D eigenvalue weighted by molar-refractivity contribution is -0.116. The third kappa shape index (κ3) is 4.71. The average molecular weight is 324 g/mol. The number of anilines is 2. The summed E-state index contributed by atoms with van der Waals surface area (Å²) >= 11 is 0. The molecule has 5 nitrogen and oxygen atoms in total. The zero-order valence-corrected chi connectivity index (χ0v) is 13.9. The van der Waals surface area contributed by atoms with Gasteiger partial charge in [0.2, 0.25) is 11.8 Å². The summed E-state index contributed by atoms with van der Waals surface area (Å²) < 4.78 is 5.09. The predicted octanol–water partition coefficient (Wildman–Crippen LogP) is 3.33. The fraction of sp³-hybridized carbons (Fsp3) is 0.158. The first-order valence-electron chi connectivity index (χ1n) is 7.47. The van der Waals surface area contributed by atoms with Gasteiger partial charge in [-0.3, -0.25) is 9.59 Å². The minimum absolute atomic E-state index is 0.0470. The highest BCUT2D eigenvalue weighted by molar-refractivity contribution is 6.02. The summed E-state index contributed by atoms with van der Waals surface area (Å²) in [7, 11) is 3.31. The Labute approximate surface area is 141 Å². The Hall–Kier alpha value is -3.08. The van der Waals surface area contributed by atoms with Crippen LogP contribution >= 0.6 is 0 Å². The molecule has 0 aliphatic heterocycles. The molecule has 24 heavy (non-hydrogen) atoms. The summed E-state index contributed by atoms with van der Waals surface area (Å²) in [5.41, 5.74) is 2.35. The van der Waals surface area contributed by atoms with Crippen molar-refractivity contribution in [3.8, 4) is 5.75 Å². The molecule has 0 bridgehead atoms. The third-order valence-electron chi connectivity index (χ3n) is 3.54. The predicted molar refractivity (Wildman–Crippen MR) is 96.2 cm³/mol. The lowest BCUT2D eigenvalue weighted by Gasteiger charge is -2.15. The first kappa shape index (κ1) is 17.3. The minimum atomic E-state index is -0.224. The SMILES string of the molecule is COc1ccc(C=CC(=O)Nc2ccc(N(C)C(C)=O)cc2)cc1. The molecule has 0 heterocycles. The molecule has 0 aliphatic rings. The van der Waals surface area contributed by atoms with E-state index in [2.05, 4.69) is 5.32 Å². The van der Waals surface area contributed by atoms with Crippen molar-refractivity contribution in [1.82, 2.24) is 0 Å². The molecule has 0 fully saturated rings. The average Bonchev–Trinajstić information content (AvgIpc) is 2.60. The molecule has 2 aromatic carbocycles. The van der Waals surface area contributed by atoms with Crippen LogP contribution in [-0.2, 0) is 9.59 Å². The van der Waals surface area contributed by atoms with Gasteiger partial charge in [-0.1, -0.05) is 12.1 Å². The highest BCUT2D eigenvalue weighted by Gasteiger charge is 2.05. The van der Waals surface area contributed by atoms with Gasteiger partial charge < -0.3 is 15.0 Å². The van der Waals surface area contributed by atoms with Crippen molar-refractivity contribution >= 4 is 29.3 Å². The van der Waals surface area contributed by atoms with Gasteiger partial charge in [-0.25, -0.2) is 0 Å². The Bertz CT molecular complexity index is 734. The van der Waals surface area contributed by atoms with E-state index in [9.17, 15) is 9.59 Å². The summed E-state index contributed by atoms with van der Waals surface area (Å²) in [6.45, 7) is 1.50. The Kier molecular flexibility index (Phi) is 5.73. The molecule has 0 unspecified atom stereocenters. The maximum Gasteiger partial charge on any atom is 0.248 e. The Morgan fingerprint density at radius 3 is 2.21 bits per heavy atom. The maximum absolute atomic E-state index is 11.9. The van der Waals surface area contributed by atoms with Crippen molar-refractivity contribution in [1.29, 1.82) is 0 Å². The second-order valence-electron chi connectivity index (χ2n) is 5.22. The summed E-state index contributed by atoms with van der Waals surface area (Å²) in [6.07, 6.45) is 3.20. The van der Waals surface area contributed by atoms with Crippen molar-refractivity contribution in [2.75, 3.05) is 24.4 Å². The van der Waals surface area contributed by atoms with Gasteiger partial charge in [0, 0.05) is 31.4 Å². The van der Waals surface area contributed by atoms with Crippen LogP contribution in [0.2, 0.25) is 0 Å². The topological polar surface area (TPSA) is 58.6 Å².